The Hall–Kier alpha value is -2.94. The highest BCUT2D eigenvalue weighted by molar-refractivity contribution is 5.92. The average Bonchev–Trinajstić information content (AvgIpc) is 1.03. The topological polar surface area (TPSA) is 131 Å². The maximum absolute atomic E-state index is 12.6. The van der Waals surface area contributed by atoms with Crippen molar-refractivity contribution >= 4 is 29.4 Å². The summed E-state index contributed by atoms with van der Waals surface area (Å²) in [6, 6.07) is 8.06. The van der Waals surface area contributed by atoms with Gasteiger partial charge in [-0.15, -0.1) is 0 Å². The molecule has 19 atom stereocenters. The molecular weight excluding hydrogens is 1150 g/mol. The maximum Gasteiger partial charge on any atom is 0.309 e. The second kappa shape index (κ2) is 43.5. The van der Waals surface area contributed by atoms with Gasteiger partial charge in [0.15, 0.2) is 0 Å². The molecule has 0 heterocycles. The van der Waals surface area contributed by atoms with Gasteiger partial charge in [0.1, 0.15) is 6.61 Å². The number of hydrogen-bond donors (Lipinski definition) is 3. The van der Waals surface area contributed by atoms with Crippen molar-refractivity contribution in [1.29, 1.82) is 0 Å². The van der Waals surface area contributed by atoms with Crippen LogP contribution in [0.4, 0.5) is 5.69 Å². The van der Waals surface area contributed by atoms with E-state index >= 15 is 0 Å². The smallest absolute Gasteiger partial charge is 0.309 e. The fourth-order valence-corrected chi connectivity index (χ4v) is 17.4. The van der Waals surface area contributed by atoms with Crippen molar-refractivity contribution in [3.05, 3.63) is 29.8 Å². The van der Waals surface area contributed by atoms with Crippen molar-refractivity contribution in [2.75, 3.05) is 18.5 Å². The first-order valence-electron chi connectivity index (χ1n) is 39.1. The van der Waals surface area contributed by atoms with Gasteiger partial charge in [-0.3, -0.25) is 19.2 Å². The van der Waals surface area contributed by atoms with E-state index in [4.69, 9.17) is 9.47 Å². The summed E-state index contributed by atoms with van der Waals surface area (Å²) in [6.07, 6.45) is 23.6. The van der Waals surface area contributed by atoms with Gasteiger partial charge in [0.2, 0.25) is 11.8 Å². The Bertz CT molecular complexity index is 2170. The van der Waals surface area contributed by atoms with Crippen LogP contribution < -0.4 is 10.6 Å². The Morgan fingerprint density at radius 3 is 1.05 bits per heavy atom. The first-order chi connectivity index (χ1) is 43.4. The minimum atomic E-state index is -0.521. The molecule has 1 unspecified atom stereocenters. The summed E-state index contributed by atoms with van der Waals surface area (Å²) in [5.74, 6) is 15.7. The van der Waals surface area contributed by atoms with Gasteiger partial charge in [-0.25, -0.2) is 0 Å². The van der Waals surface area contributed by atoms with E-state index in [0.717, 1.165) is 91.6 Å². The lowest BCUT2D eigenvalue weighted by molar-refractivity contribution is -0.156. The lowest BCUT2D eigenvalue weighted by atomic mass is 9.69. The molecule has 1 aromatic carbocycles. The zero-order chi connectivity index (χ0) is 70.6. The molecule has 1 aromatic rings. The van der Waals surface area contributed by atoms with Gasteiger partial charge in [0, 0.05) is 23.1 Å². The molecule has 0 radical (unpaired) electrons. The van der Waals surface area contributed by atoms with E-state index in [1.807, 2.05) is 38.1 Å². The predicted octanol–water partition coefficient (Wildman–Crippen LogP) is 22.3. The van der Waals surface area contributed by atoms with Crippen molar-refractivity contribution in [2.24, 2.45) is 142 Å². The largest absolute Gasteiger partial charge is 0.465 e. The normalized spacial score (nSPS) is 31.7. The Labute approximate surface area is 576 Å². The van der Waals surface area contributed by atoms with E-state index in [2.05, 4.69) is 177 Å². The predicted molar refractivity (Wildman–Crippen MR) is 397 cm³/mol. The van der Waals surface area contributed by atoms with Gasteiger partial charge in [0.05, 0.1) is 24.5 Å². The van der Waals surface area contributed by atoms with Gasteiger partial charge in [-0.1, -0.05) is 209 Å². The second-order valence-electron chi connectivity index (χ2n) is 35.3. The molecule has 0 aliphatic heterocycles. The van der Waals surface area contributed by atoms with E-state index in [-0.39, 0.29) is 59.6 Å². The maximum atomic E-state index is 12.6. The highest BCUT2D eigenvalue weighted by Crippen LogP contribution is 2.43. The third-order valence-corrected chi connectivity index (χ3v) is 23.2. The molecule has 3 N–H and O–H groups in total. The molecule has 0 aromatic heterocycles. The molecule has 6 aliphatic carbocycles. The van der Waals surface area contributed by atoms with Crippen molar-refractivity contribution < 1.29 is 33.8 Å². The third-order valence-electron chi connectivity index (χ3n) is 23.2. The van der Waals surface area contributed by atoms with E-state index < -0.39 is 6.10 Å². The molecule has 6 aliphatic rings. The van der Waals surface area contributed by atoms with Crippen LogP contribution in [0.25, 0.3) is 0 Å². The van der Waals surface area contributed by atoms with E-state index in [9.17, 15) is 24.3 Å². The van der Waals surface area contributed by atoms with Crippen LogP contribution in [0.5, 0.6) is 0 Å². The summed E-state index contributed by atoms with van der Waals surface area (Å²) < 4.78 is 10.6. The molecule has 0 spiro atoms. The van der Waals surface area contributed by atoms with Crippen LogP contribution >= 0.6 is 0 Å². The minimum Gasteiger partial charge on any atom is -0.465 e. The molecule has 0 bridgehead atoms. The zero-order valence-electron chi connectivity index (χ0n) is 65.7. The Kier molecular flexibility index (Phi) is 40.3. The Balaban J connectivity index is 0.000000385. The number of aliphatic hydroxyl groups excluding tert-OH is 1. The molecule has 6 saturated carbocycles. The molecule has 6 fully saturated rings. The van der Waals surface area contributed by atoms with E-state index in [1.165, 1.54) is 89.0 Å². The van der Waals surface area contributed by atoms with Crippen molar-refractivity contribution in [3.8, 4) is 0 Å². The monoisotopic (exact) mass is 1300 g/mol. The number of rotatable bonds is 16. The Morgan fingerprint density at radius 2 is 0.742 bits per heavy atom. The zero-order valence-corrected chi connectivity index (χ0v) is 65.7. The highest BCUT2D eigenvalue weighted by Gasteiger charge is 2.40. The minimum absolute atomic E-state index is 0.0257. The van der Waals surface area contributed by atoms with Gasteiger partial charge in [-0.2, -0.15) is 0 Å². The van der Waals surface area contributed by atoms with Crippen molar-refractivity contribution in [3.63, 3.8) is 0 Å². The summed E-state index contributed by atoms with van der Waals surface area (Å²) in [4.78, 5) is 49.1. The lowest BCUT2D eigenvalue weighted by Crippen LogP contribution is -2.47. The quantitative estimate of drug-likeness (QED) is 0.141. The molecule has 0 saturated heterocycles. The number of ether oxygens (including phenoxy) is 2. The van der Waals surface area contributed by atoms with Gasteiger partial charge < -0.3 is 25.2 Å². The van der Waals surface area contributed by atoms with Crippen LogP contribution in [0, 0.1) is 149 Å². The number of benzene rings is 1. The van der Waals surface area contributed by atoms with Crippen LogP contribution in [0.15, 0.2) is 24.3 Å². The van der Waals surface area contributed by atoms with Gasteiger partial charge >= 0.3 is 11.9 Å². The molecule has 9 heteroatoms. The number of carbonyl (C=O) groups is 4. The van der Waals surface area contributed by atoms with Gasteiger partial charge in [0.25, 0.3) is 0 Å². The fraction of sp³-hybridized carbons (Fsp3) is 0.881. The van der Waals surface area contributed by atoms with E-state index in [1.54, 1.807) is 0 Å². The summed E-state index contributed by atoms with van der Waals surface area (Å²) in [6.45, 7) is 58.8. The summed E-state index contributed by atoms with van der Waals surface area (Å²) >= 11 is 0. The molecular formula is C84H154N2O7. The van der Waals surface area contributed by atoms with Crippen LogP contribution in [0.1, 0.15) is 307 Å². The number of amides is 2. The number of nitrogens with one attached hydrogen (secondary N) is 2. The van der Waals surface area contributed by atoms with Crippen molar-refractivity contribution in [2.45, 2.75) is 320 Å². The van der Waals surface area contributed by atoms with Crippen molar-refractivity contribution in [1.82, 2.24) is 5.32 Å². The summed E-state index contributed by atoms with van der Waals surface area (Å²) in [5.41, 5.74) is 2.02. The first-order valence-corrected chi connectivity index (χ1v) is 39.1. The standard InChI is InChI=1S/C18H27NO.C15H29NO.C15H28O3.C14H26O2.2C11H22/c1-12(2)16-10-7-14(4)11-17(16)18(20)19-15-8-5-13(3)6-9-15;1-10(2)12-8-7-11(3)9-13(12)14(17)16-15(4,5)6;1-5-12(16)9-18-15(17)14-8-11(4)6-7-13(14)10(2)3;1-5-8-16-14(15)13-9-11(4)6-7-12(13)10(2)3;2*1-8(2)11-6-5-9(3)7-10(11)4/h5-6,8-9,12,14,16-17H,7,10-11H2,1-4H3,(H,19,20);10-13H,7-9H2,1-6H3,(H,16,17);10-14,16H,5-9H2,1-4H3;10-13H,5-9H2,1-4H3;2*8-11H,5-7H2,1-4H3/t14-,16+,17-;11-,12+,13-;11-,12?,13+,14-;11-,12+,13-;2*9-,10-,11+/m111111/s1. The molecule has 9 nitrogen and oxygen atoms in total. The van der Waals surface area contributed by atoms with Crippen LogP contribution in [-0.2, 0) is 28.7 Å². The average molecular weight is 1300 g/mol. The number of hydrogen-bond acceptors (Lipinski definition) is 7. The summed E-state index contributed by atoms with van der Waals surface area (Å²) in [7, 11) is 0. The first kappa shape index (κ1) is 86.1. The fourth-order valence-electron chi connectivity index (χ4n) is 17.4. The second-order valence-corrected chi connectivity index (χ2v) is 35.3. The molecule has 542 valence electrons. The molecule has 93 heavy (non-hydrogen) atoms. The SMILES string of the molecule is CC(C)[C@@H]1CC[C@@H](C)C[C@H]1C.CC(C)[C@@H]1CC[C@@H](C)C[C@H]1C.CC(C)[C@@H]1CC[C@@H](C)C[C@H]1C(=O)NC(C)(C)C.CCC(O)COC(=O)[C@@H]1C[C@H](C)CC[C@H]1C(C)C.CCCOC(=O)[C@@H]1C[C@H](C)CC[C@H]1C(C)C.Cc1ccc(NC(=O)[C@@H]2C[C@H](C)CC[C@H]2C(C)C)cc1. The van der Waals surface area contributed by atoms with Crippen LogP contribution in [0.3, 0.4) is 0 Å². The van der Waals surface area contributed by atoms with Gasteiger partial charge in [-0.05, 0) is 248 Å². The highest BCUT2D eigenvalue weighted by atomic mass is 16.5. The number of esters is 2. The Morgan fingerprint density at radius 1 is 0.441 bits per heavy atom. The molecule has 2 amide bonds. The van der Waals surface area contributed by atoms with Crippen LogP contribution in [-0.4, -0.2) is 53.7 Å². The lowest BCUT2D eigenvalue weighted by Gasteiger charge is -2.37. The number of carbonyl (C=O) groups excluding carboxylic acids is 4. The number of aliphatic hydroxyl groups is 1. The summed E-state index contributed by atoms with van der Waals surface area (Å²) in [5, 5.41) is 15.7. The number of anilines is 1. The third kappa shape index (κ3) is 32.1. The van der Waals surface area contributed by atoms with Crippen LogP contribution in [0.2, 0.25) is 0 Å². The molecule has 7 rings (SSSR count). The number of aryl methyl sites for hydroxylation is 1. The van der Waals surface area contributed by atoms with E-state index in [0.29, 0.717) is 84.0 Å².